The zero-order valence-corrected chi connectivity index (χ0v) is 6.63. The van der Waals surface area contributed by atoms with Gasteiger partial charge in [0.2, 0.25) is 0 Å². The summed E-state index contributed by atoms with van der Waals surface area (Å²) < 4.78 is 12.6. The minimum atomic E-state index is -0.456. The van der Waals surface area contributed by atoms with Gasteiger partial charge in [0.25, 0.3) is 0 Å². The van der Waals surface area contributed by atoms with Gasteiger partial charge < -0.3 is 5.32 Å². The van der Waals surface area contributed by atoms with Crippen LogP contribution in [0.3, 0.4) is 0 Å². The summed E-state index contributed by atoms with van der Waals surface area (Å²) in [6, 6.07) is 0. The molecule has 2 N–H and O–H groups in total. The molecule has 0 unspecified atom stereocenters. The van der Waals surface area contributed by atoms with Crippen molar-refractivity contribution < 1.29 is 4.39 Å². The second kappa shape index (κ2) is 3.66. The van der Waals surface area contributed by atoms with Crippen molar-refractivity contribution in [1.29, 1.82) is 0 Å². The predicted octanol–water partition coefficient (Wildman–Crippen LogP) is 0.848. The van der Waals surface area contributed by atoms with Crippen molar-refractivity contribution in [2.75, 3.05) is 7.05 Å². The highest BCUT2D eigenvalue weighted by Crippen LogP contribution is 2.10. The molecule has 0 fully saturated rings. The van der Waals surface area contributed by atoms with E-state index < -0.39 is 5.95 Å². The molecule has 0 aromatic carbocycles. The van der Waals surface area contributed by atoms with Gasteiger partial charge in [0.05, 0.1) is 6.20 Å². The van der Waals surface area contributed by atoms with E-state index in [1.54, 1.807) is 0 Å². The maximum Gasteiger partial charge on any atom is 0.187 e. The van der Waals surface area contributed by atoms with E-state index in [2.05, 4.69) is 27.3 Å². The first-order valence-corrected chi connectivity index (χ1v) is 3.34. The molecule has 1 aromatic heterocycles. The molecule has 1 rings (SSSR count). The van der Waals surface area contributed by atoms with Crippen LogP contribution in [-0.2, 0) is 0 Å². The maximum atomic E-state index is 12.6. The Labute approximate surface area is 69.2 Å². The fourth-order valence-electron chi connectivity index (χ4n) is 0.655. The van der Waals surface area contributed by atoms with Gasteiger partial charge in [-0.15, -0.1) is 0 Å². The number of rotatable bonds is 3. The summed E-state index contributed by atoms with van der Waals surface area (Å²) in [6.45, 7) is 3.61. The van der Waals surface area contributed by atoms with Crippen LogP contribution >= 0.6 is 0 Å². The fourth-order valence-corrected chi connectivity index (χ4v) is 0.655. The van der Waals surface area contributed by atoms with Crippen LogP contribution in [0, 0.1) is 0 Å². The summed E-state index contributed by atoms with van der Waals surface area (Å²) in [6.07, 6.45) is 2.72. The number of hydrogen-bond acceptors (Lipinski definition) is 3. The second-order valence-corrected chi connectivity index (χ2v) is 2.12. The lowest BCUT2D eigenvalue weighted by Gasteiger charge is -1.94. The van der Waals surface area contributed by atoms with Crippen molar-refractivity contribution in [2.24, 2.45) is 0 Å². The molecular weight excluding hydrogens is 159 g/mol. The molecule has 0 aliphatic rings. The summed E-state index contributed by atoms with van der Waals surface area (Å²) >= 11 is 0. The van der Waals surface area contributed by atoms with Gasteiger partial charge in [-0.1, -0.05) is 6.58 Å². The van der Waals surface area contributed by atoms with E-state index in [4.69, 9.17) is 0 Å². The third kappa shape index (κ3) is 1.91. The monoisotopic (exact) mass is 168 g/mol. The molecule has 1 aromatic rings. The lowest BCUT2D eigenvalue weighted by atomic mass is 10.2. The van der Waals surface area contributed by atoms with Crippen LogP contribution in [0.1, 0.15) is 5.69 Å². The van der Waals surface area contributed by atoms with Crippen molar-refractivity contribution in [3.05, 3.63) is 30.5 Å². The highest BCUT2D eigenvalue weighted by atomic mass is 19.1. The minimum absolute atomic E-state index is 0.456. The zero-order valence-electron chi connectivity index (χ0n) is 6.63. The molecule has 4 nitrogen and oxygen atoms in total. The Bertz CT molecular complexity index is 288. The number of hydrogen-bond donors (Lipinski definition) is 2. The Morgan fingerprint density at radius 3 is 3.08 bits per heavy atom. The Morgan fingerprint density at radius 2 is 2.58 bits per heavy atom. The van der Waals surface area contributed by atoms with Crippen LogP contribution in [0.5, 0.6) is 0 Å². The topological polar surface area (TPSA) is 53.6 Å². The standard InChI is InChI=1S/C7H9FN4/c1-5(3-7(8)9-2)6-4-10-12-11-6/h3-4,9H,1H2,2H3,(H,10,11,12)/b7-3-. The third-order valence-corrected chi connectivity index (χ3v) is 1.28. The number of aromatic nitrogens is 3. The van der Waals surface area contributed by atoms with Crippen LogP contribution in [0.4, 0.5) is 4.39 Å². The average molecular weight is 168 g/mol. The van der Waals surface area contributed by atoms with Gasteiger partial charge in [0.1, 0.15) is 5.69 Å². The smallest absolute Gasteiger partial charge is 0.187 e. The first-order chi connectivity index (χ1) is 5.74. The van der Waals surface area contributed by atoms with Crippen LogP contribution in [0.15, 0.2) is 24.8 Å². The highest BCUT2D eigenvalue weighted by molar-refractivity contribution is 5.68. The van der Waals surface area contributed by atoms with Crippen molar-refractivity contribution in [1.82, 2.24) is 20.7 Å². The maximum absolute atomic E-state index is 12.6. The molecule has 0 aliphatic carbocycles. The normalized spacial score (nSPS) is 11.3. The van der Waals surface area contributed by atoms with E-state index in [-0.39, 0.29) is 0 Å². The molecule has 0 saturated heterocycles. The molecule has 1 heterocycles. The third-order valence-electron chi connectivity index (χ3n) is 1.28. The number of nitrogens with one attached hydrogen (secondary N) is 2. The molecule has 5 heteroatoms. The predicted molar refractivity (Wildman–Crippen MR) is 43.7 cm³/mol. The van der Waals surface area contributed by atoms with Gasteiger partial charge >= 0.3 is 0 Å². The van der Waals surface area contributed by atoms with Crippen LogP contribution in [-0.4, -0.2) is 22.5 Å². The first-order valence-electron chi connectivity index (χ1n) is 3.34. The zero-order chi connectivity index (χ0) is 8.97. The molecule has 0 spiro atoms. The number of allylic oxidation sites excluding steroid dienone is 2. The van der Waals surface area contributed by atoms with Crippen molar-refractivity contribution in [2.45, 2.75) is 0 Å². The average Bonchev–Trinajstić information content (AvgIpc) is 2.56. The highest BCUT2D eigenvalue weighted by Gasteiger charge is 1.99. The summed E-state index contributed by atoms with van der Waals surface area (Å²) in [5.74, 6) is -0.456. The van der Waals surface area contributed by atoms with E-state index in [1.165, 1.54) is 19.3 Å². The SMILES string of the molecule is C=C(/C=C(/F)NC)c1cn[nH]n1. The molecule has 0 bridgehead atoms. The Morgan fingerprint density at radius 1 is 1.83 bits per heavy atom. The molecule has 0 saturated carbocycles. The van der Waals surface area contributed by atoms with Gasteiger partial charge in [-0.2, -0.15) is 19.8 Å². The number of H-pyrrole nitrogens is 1. The second-order valence-electron chi connectivity index (χ2n) is 2.12. The van der Waals surface area contributed by atoms with Crippen LogP contribution in [0.2, 0.25) is 0 Å². The molecule has 0 atom stereocenters. The van der Waals surface area contributed by atoms with E-state index >= 15 is 0 Å². The summed E-state index contributed by atoms with van der Waals surface area (Å²) in [5.41, 5.74) is 0.996. The van der Waals surface area contributed by atoms with Gasteiger partial charge in [-0.05, 0) is 6.08 Å². The van der Waals surface area contributed by atoms with Crippen molar-refractivity contribution >= 4 is 5.57 Å². The molecule has 0 radical (unpaired) electrons. The van der Waals surface area contributed by atoms with Crippen molar-refractivity contribution in [3.8, 4) is 0 Å². The largest absolute Gasteiger partial charge is 0.365 e. The van der Waals surface area contributed by atoms with Gasteiger partial charge in [-0.3, -0.25) is 0 Å². The quantitative estimate of drug-likeness (QED) is 0.519. The molecule has 12 heavy (non-hydrogen) atoms. The Hall–Kier alpha value is -1.65. The lowest BCUT2D eigenvalue weighted by molar-refractivity contribution is 0.574. The Kier molecular flexibility index (Phi) is 2.57. The van der Waals surface area contributed by atoms with Gasteiger partial charge in [0.15, 0.2) is 5.95 Å². The first kappa shape index (κ1) is 8.45. The Balaban J connectivity index is 2.74. The number of halogens is 1. The molecule has 64 valence electrons. The number of nitrogens with zero attached hydrogens (tertiary/aromatic N) is 2. The fraction of sp³-hybridized carbons (Fsp3) is 0.143. The van der Waals surface area contributed by atoms with E-state index in [1.807, 2.05) is 0 Å². The molecule has 0 amide bonds. The summed E-state index contributed by atoms with van der Waals surface area (Å²) in [4.78, 5) is 0. The van der Waals surface area contributed by atoms with Gasteiger partial charge in [0, 0.05) is 12.6 Å². The molecular formula is C7H9FN4. The van der Waals surface area contributed by atoms with Crippen LogP contribution < -0.4 is 5.32 Å². The summed E-state index contributed by atoms with van der Waals surface area (Å²) in [7, 11) is 1.49. The van der Waals surface area contributed by atoms with E-state index in [9.17, 15) is 4.39 Å². The summed E-state index contributed by atoms with van der Waals surface area (Å²) in [5, 5.41) is 12.0. The van der Waals surface area contributed by atoms with Gasteiger partial charge in [-0.25, -0.2) is 0 Å². The minimum Gasteiger partial charge on any atom is -0.365 e. The van der Waals surface area contributed by atoms with Crippen molar-refractivity contribution in [3.63, 3.8) is 0 Å². The number of aromatic amines is 1. The molecule has 0 aliphatic heterocycles. The van der Waals surface area contributed by atoms with Crippen LogP contribution in [0.25, 0.3) is 5.57 Å². The van der Waals surface area contributed by atoms with E-state index in [0.717, 1.165) is 0 Å². The van der Waals surface area contributed by atoms with E-state index in [0.29, 0.717) is 11.3 Å². The lowest BCUT2D eigenvalue weighted by Crippen LogP contribution is -2.00.